The van der Waals surface area contributed by atoms with Crippen molar-refractivity contribution < 1.29 is 4.79 Å². The first-order valence-corrected chi connectivity index (χ1v) is 8.64. The lowest BCUT2D eigenvalue weighted by atomic mass is 10.1. The molecule has 3 heterocycles. The van der Waals surface area contributed by atoms with E-state index in [-0.39, 0.29) is 5.92 Å². The first-order chi connectivity index (χ1) is 11.0. The topological polar surface area (TPSA) is 61.4 Å². The molecule has 1 N–H and O–H groups in total. The van der Waals surface area contributed by atoms with Crippen LogP contribution in [0.3, 0.4) is 0 Å². The van der Waals surface area contributed by atoms with E-state index in [4.69, 9.17) is 4.98 Å². The monoisotopic (exact) mass is 317 g/mol. The molecule has 1 atom stereocenters. The number of aromatic nitrogens is 2. The van der Waals surface area contributed by atoms with Gasteiger partial charge in [-0.25, -0.2) is 9.97 Å². The number of carbonyl (C=O) groups is 1. The highest BCUT2D eigenvalue weighted by Gasteiger charge is 2.29. The summed E-state index contributed by atoms with van der Waals surface area (Å²) < 4.78 is 0. The summed E-state index contributed by atoms with van der Waals surface area (Å²) in [6, 6.07) is 2.05. The number of hydrogen-bond acceptors (Lipinski definition) is 5. The van der Waals surface area contributed by atoms with Crippen LogP contribution in [0.1, 0.15) is 37.7 Å². The molecule has 126 valence electrons. The molecule has 0 aromatic carbocycles. The average Bonchev–Trinajstić information content (AvgIpc) is 3.08. The first kappa shape index (κ1) is 16.2. The number of aryl methyl sites for hydroxylation is 1. The maximum absolute atomic E-state index is 12.5. The molecule has 2 aliphatic rings. The van der Waals surface area contributed by atoms with Crippen LogP contribution < -0.4 is 10.2 Å². The molecule has 1 aromatic heterocycles. The molecule has 3 rings (SSSR count). The second kappa shape index (κ2) is 6.83. The highest BCUT2D eigenvalue weighted by molar-refractivity contribution is 5.79. The second-order valence-corrected chi connectivity index (χ2v) is 6.88. The number of piperazine rings is 1. The summed E-state index contributed by atoms with van der Waals surface area (Å²) in [6.45, 7) is 11.3. The van der Waals surface area contributed by atoms with E-state index in [1.165, 1.54) is 0 Å². The van der Waals surface area contributed by atoms with Crippen molar-refractivity contribution in [1.29, 1.82) is 0 Å². The highest BCUT2D eigenvalue weighted by Crippen LogP contribution is 2.20. The molecule has 1 unspecified atom stereocenters. The van der Waals surface area contributed by atoms with Crippen molar-refractivity contribution in [2.75, 3.05) is 44.2 Å². The molecule has 0 spiro atoms. The lowest BCUT2D eigenvalue weighted by Crippen LogP contribution is -2.51. The number of nitrogens with one attached hydrogen (secondary N) is 1. The quantitative estimate of drug-likeness (QED) is 0.907. The number of anilines is 1. The van der Waals surface area contributed by atoms with Crippen molar-refractivity contribution in [2.45, 2.75) is 33.1 Å². The Balaban J connectivity index is 1.63. The molecule has 6 heteroatoms. The van der Waals surface area contributed by atoms with Gasteiger partial charge in [0, 0.05) is 50.4 Å². The molecule has 6 nitrogen and oxygen atoms in total. The van der Waals surface area contributed by atoms with Crippen molar-refractivity contribution in [2.24, 2.45) is 5.92 Å². The van der Waals surface area contributed by atoms with E-state index in [1.807, 2.05) is 17.9 Å². The summed E-state index contributed by atoms with van der Waals surface area (Å²) in [7, 11) is 0. The average molecular weight is 317 g/mol. The number of carbonyl (C=O) groups excluding carboxylic acids is 1. The summed E-state index contributed by atoms with van der Waals surface area (Å²) in [5.41, 5.74) is 1.01. The molecule has 0 saturated carbocycles. The van der Waals surface area contributed by atoms with Gasteiger partial charge in [0.15, 0.2) is 0 Å². The molecule has 2 saturated heterocycles. The van der Waals surface area contributed by atoms with Crippen molar-refractivity contribution in [1.82, 2.24) is 20.2 Å². The van der Waals surface area contributed by atoms with Gasteiger partial charge >= 0.3 is 0 Å². The summed E-state index contributed by atoms with van der Waals surface area (Å²) >= 11 is 0. The molecule has 2 fully saturated rings. The Hall–Kier alpha value is -1.69. The lowest BCUT2D eigenvalue weighted by Gasteiger charge is -2.36. The molecule has 0 radical (unpaired) electrons. The third-order valence-corrected chi connectivity index (χ3v) is 4.70. The van der Waals surface area contributed by atoms with Gasteiger partial charge in [0.05, 0.1) is 5.92 Å². The minimum Gasteiger partial charge on any atom is -0.353 e. The fourth-order valence-electron chi connectivity index (χ4n) is 3.27. The summed E-state index contributed by atoms with van der Waals surface area (Å²) in [4.78, 5) is 26.0. The summed E-state index contributed by atoms with van der Waals surface area (Å²) in [5, 5.41) is 3.28. The Morgan fingerprint density at radius 1 is 1.26 bits per heavy atom. The van der Waals surface area contributed by atoms with Gasteiger partial charge in [0.25, 0.3) is 0 Å². The van der Waals surface area contributed by atoms with Gasteiger partial charge in [0.2, 0.25) is 5.91 Å². The van der Waals surface area contributed by atoms with Gasteiger partial charge < -0.3 is 15.1 Å². The predicted molar refractivity (Wildman–Crippen MR) is 90.6 cm³/mol. The zero-order chi connectivity index (χ0) is 16.4. The van der Waals surface area contributed by atoms with Crippen LogP contribution in [0.5, 0.6) is 0 Å². The SMILES string of the molecule is Cc1cc(N2CCN(C(=O)C3CCNC3)CC2)nc(C(C)C)n1. The van der Waals surface area contributed by atoms with E-state index in [2.05, 4.69) is 29.0 Å². The number of hydrogen-bond donors (Lipinski definition) is 1. The fourth-order valence-corrected chi connectivity index (χ4v) is 3.27. The van der Waals surface area contributed by atoms with Crippen LogP contribution >= 0.6 is 0 Å². The van der Waals surface area contributed by atoms with E-state index in [0.29, 0.717) is 11.8 Å². The molecular weight excluding hydrogens is 290 g/mol. The van der Waals surface area contributed by atoms with Crippen LogP contribution in [0, 0.1) is 12.8 Å². The van der Waals surface area contributed by atoms with E-state index >= 15 is 0 Å². The normalized spacial score (nSPS) is 22.0. The molecule has 2 aliphatic heterocycles. The third kappa shape index (κ3) is 3.63. The molecule has 0 aliphatic carbocycles. The van der Waals surface area contributed by atoms with Crippen LogP contribution in [-0.4, -0.2) is 60.0 Å². The van der Waals surface area contributed by atoms with Crippen molar-refractivity contribution in [3.8, 4) is 0 Å². The smallest absolute Gasteiger partial charge is 0.227 e. The zero-order valence-electron chi connectivity index (χ0n) is 14.4. The van der Waals surface area contributed by atoms with E-state index < -0.39 is 0 Å². The van der Waals surface area contributed by atoms with Crippen LogP contribution in [0.15, 0.2) is 6.07 Å². The Kier molecular flexibility index (Phi) is 4.80. The number of nitrogens with zero attached hydrogens (tertiary/aromatic N) is 4. The Morgan fingerprint density at radius 2 is 2.00 bits per heavy atom. The third-order valence-electron chi connectivity index (χ3n) is 4.70. The minimum absolute atomic E-state index is 0.176. The zero-order valence-corrected chi connectivity index (χ0v) is 14.4. The van der Waals surface area contributed by atoms with Crippen molar-refractivity contribution >= 4 is 11.7 Å². The van der Waals surface area contributed by atoms with Gasteiger partial charge in [0.1, 0.15) is 11.6 Å². The lowest BCUT2D eigenvalue weighted by molar-refractivity contribution is -0.135. The first-order valence-electron chi connectivity index (χ1n) is 8.64. The van der Waals surface area contributed by atoms with E-state index in [1.54, 1.807) is 0 Å². The maximum atomic E-state index is 12.5. The molecular formula is C17H27N5O. The van der Waals surface area contributed by atoms with Crippen LogP contribution in [-0.2, 0) is 4.79 Å². The van der Waals surface area contributed by atoms with E-state index in [0.717, 1.165) is 63.0 Å². The minimum atomic E-state index is 0.176. The van der Waals surface area contributed by atoms with Gasteiger partial charge in [-0.15, -0.1) is 0 Å². The molecule has 0 bridgehead atoms. The van der Waals surface area contributed by atoms with Crippen LogP contribution in [0.25, 0.3) is 0 Å². The Labute approximate surface area is 138 Å². The van der Waals surface area contributed by atoms with Gasteiger partial charge in [-0.05, 0) is 19.9 Å². The standard InChI is InChI=1S/C17H27N5O/c1-12(2)16-19-13(3)10-15(20-16)21-6-8-22(9-7-21)17(23)14-4-5-18-11-14/h10,12,14,18H,4-9,11H2,1-3H3. The molecule has 23 heavy (non-hydrogen) atoms. The van der Waals surface area contributed by atoms with Gasteiger partial charge in [-0.3, -0.25) is 4.79 Å². The molecule has 1 amide bonds. The summed E-state index contributed by atoms with van der Waals surface area (Å²) in [5.74, 6) is 2.71. The van der Waals surface area contributed by atoms with Gasteiger partial charge in [-0.2, -0.15) is 0 Å². The van der Waals surface area contributed by atoms with Crippen molar-refractivity contribution in [3.63, 3.8) is 0 Å². The number of amides is 1. The summed E-state index contributed by atoms with van der Waals surface area (Å²) in [6.07, 6.45) is 0.974. The molecule has 1 aromatic rings. The van der Waals surface area contributed by atoms with Crippen LogP contribution in [0.4, 0.5) is 5.82 Å². The Morgan fingerprint density at radius 3 is 2.61 bits per heavy atom. The highest BCUT2D eigenvalue weighted by atomic mass is 16.2. The fraction of sp³-hybridized carbons (Fsp3) is 0.706. The second-order valence-electron chi connectivity index (χ2n) is 6.88. The van der Waals surface area contributed by atoms with Crippen LogP contribution in [0.2, 0.25) is 0 Å². The predicted octanol–water partition coefficient (Wildman–Crippen LogP) is 1.17. The Bertz CT molecular complexity index is 560. The number of rotatable bonds is 3. The largest absolute Gasteiger partial charge is 0.353 e. The maximum Gasteiger partial charge on any atom is 0.227 e. The van der Waals surface area contributed by atoms with E-state index in [9.17, 15) is 4.79 Å². The van der Waals surface area contributed by atoms with Crippen molar-refractivity contribution in [3.05, 3.63) is 17.6 Å². The van der Waals surface area contributed by atoms with Gasteiger partial charge in [-0.1, -0.05) is 13.8 Å².